The number of carbonyl (C=O) groups is 2. The summed E-state index contributed by atoms with van der Waals surface area (Å²) in [5.41, 5.74) is 0. The zero-order valence-corrected chi connectivity index (χ0v) is 14.4. The van der Waals surface area contributed by atoms with E-state index in [1.165, 1.54) is 25.7 Å². The number of carbonyl (C=O) groups excluding carboxylic acids is 2. The molecular formula is C18H31N3O2. The van der Waals surface area contributed by atoms with Crippen LogP contribution in [0.15, 0.2) is 0 Å². The van der Waals surface area contributed by atoms with Gasteiger partial charge in [0.15, 0.2) is 0 Å². The maximum absolute atomic E-state index is 12.2. The smallest absolute Gasteiger partial charge is 0.221 e. The number of nitrogens with zero attached hydrogens (tertiary/aromatic N) is 2. The van der Waals surface area contributed by atoms with Crippen LogP contribution in [0.5, 0.6) is 0 Å². The minimum absolute atomic E-state index is 0.206. The van der Waals surface area contributed by atoms with Crippen LogP contribution in [0.1, 0.15) is 64.7 Å². The summed E-state index contributed by atoms with van der Waals surface area (Å²) in [5.74, 6) is 0.413. The van der Waals surface area contributed by atoms with E-state index in [-0.39, 0.29) is 11.8 Å². The molecule has 0 radical (unpaired) electrons. The first-order valence-electron chi connectivity index (χ1n) is 9.46. The van der Waals surface area contributed by atoms with Gasteiger partial charge in [0.2, 0.25) is 11.8 Å². The third-order valence-electron chi connectivity index (χ3n) is 5.91. The summed E-state index contributed by atoms with van der Waals surface area (Å²) in [6, 6.07) is 1.24. The van der Waals surface area contributed by atoms with Crippen LogP contribution in [0.25, 0.3) is 0 Å². The number of amides is 2. The van der Waals surface area contributed by atoms with Crippen molar-refractivity contribution in [3.8, 4) is 0 Å². The van der Waals surface area contributed by atoms with Crippen molar-refractivity contribution < 1.29 is 9.59 Å². The van der Waals surface area contributed by atoms with Gasteiger partial charge in [-0.3, -0.25) is 14.5 Å². The van der Waals surface area contributed by atoms with E-state index >= 15 is 0 Å². The molecule has 2 saturated heterocycles. The molecule has 2 atom stereocenters. The molecule has 1 N–H and O–H groups in total. The Hall–Kier alpha value is -1.10. The van der Waals surface area contributed by atoms with E-state index in [2.05, 4.69) is 15.1 Å². The first-order valence-corrected chi connectivity index (χ1v) is 9.46. The molecule has 2 heterocycles. The normalized spacial score (nSPS) is 29.3. The molecule has 2 aliphatic heterocycles. The van der Waals surface area contributed by atoms with Crippen molar-refractivity contribution in [2.45, 2.75) is 82.8 Å². The molecule has 5 heteroatoms. The van der Waals surface area contributed by atoms with Gasteiger partial charge >= 0.3 is 0 Å². The van der Waals surface area contributed by atoms with E-state index < -0.39 is 0 Å². The van der Waals surface area contributed by atoms with Crippen LogP contribution in [-0.4, -0.2) is 59.4 Å². The standard InChI is InChI=1S/C18H31N3O2/c1-14(22)21-12-5-9-17(21)16-8-4-11-20(16)13-10-18(23)19-15-6-2-3-7-15/h15-17H,2-13H2,1H3,(H,19,23)/t16-,17+/m1/s1. The molecule has 0 aromatic rings. The van der Waals surface area contributed by atoms with Crippen LogP contribution < -0.4 is 5.32 Å². The second kappa shape index (κ2) is 7.65. The Morgan fingerprint density at radius 1 is 0.957 bits per heavy atom. The predicted molar refractivity (Wildman–Crippen MR) is 90.0 cm³/mol. The van der Waals surface area contributed by atoms with E-state index in [1.807, 2.05) is 0 Å². The highest BCUT2D eigenvalue weighted by atomic mass is 16.2. The lowest BCUT2D eigenvalue weighted by atomic mass is 10.0. The van der Waals surface area contributed by atoms with Crippen LogP contribution in [0.3, 0.4) is 0 Å². The fourth-order valence-corrected chi connectivity index (χ4v) is 4.76. The molecule has 23 heavy (non-hydrogen) atoms. The molecule has 0 spiro atoms. The van der Waals surface area contributed by atoms with Crippen molar-refractivity contribution in [2.24, 2.45) is 0 Å². The lowest BCUT2D eigenvalue weighted by Gasteiger charge is -2.34. The second-order valence-corrected chi connectivity index (χ2v) is 7.47. The number of hydrogen-bond donors (Lipinski definition) is 1. The zero-order chi connectivity index (χ0) is 16.2. The van der Waals surface area contributed by atoms with E-state index in [0.29, 0.717) is 24.5 Å². The number of hydrogen-bond acceptors (Lipinski definition) is 3. The number of likely N-dealkylation sites (tertiary alicyclic amines) is 2. The van der Waals surface area contributed by atoms with Crippen molar-refractivity contribution in [1.29, 1.82) is 0 Å². The van der Waals surface area contributed by atoms with Crippen molar-refractivity contribution >= 4 is 11.8 Å². The molecule has 0 unspecified atom stereocenters. The predicted octanol–water partition coefficient (Wildman–Crippen LogP) is 1.91. The Bertz CT molecular complexity index is 434. The summed E-state index contributed by atoms with van der Waals surface area (Å²) in [6.45, 7) is 4.51. The Labute approximate surface area is 139 Å². The Morgan fingerprint density at radius 2 is 1.65 bits per heavy atom. The topological polar surface area (TPSA) is 52.7 Å². The summed E-state index contributed by atoms with van der Waals surface area (Å²) in [6.07, 6.45) is 9.99. The fraction of sp³-hybridized carbons (Fsp3) is 0.889. The van der Waals surface area contributed by atoms with Crippen LogP contribution in [0.2, 0.25) is 0 Å². The average molecular weight is 321 g/mol. The third-order valence-corrected chi connectivity index (χ3v) is 5.91. The van der Waals surface area contributed by atoms with Crippen LogP contribution >= 0.6 is 0 Å². The summed E-state index contributed by atoms with van der Waals surface area (Å²) in [5, 5.41) is 3.18. The summed E-state index contributed by atoms with van der Waals surface area (Å²) >= 11 is 0. The molecule has 3 rings (SSSR count). The van der Waals surface area contributed by atoms with Gasteiger partial charge in [-0.05, 0) is 45.1 Å². The van der Waals surface area contributed by atoms with Crippen molar-refractivity contribution in [3.63, 3.8) is 0 Å². The van der Waals surface area contributed by atoms with Gasteiger partial charge in [-0.2, -0.15) is 0 Å². The summed E-state index contributed by atoms with van der Waals surface area (Å²) < 4.78 is 0. The maximum Gasteiger partial charge on any atom is 0.221 e. The largest absolute Gasteiger partial charge is 0.353 e. The maximum atomic E-state index is 12.2. The SMILES string of the molecule is CC(=O)N1CCC[C@H]1[C@H]1CCCN1CCC(=O)NC1CCCC1. The lowest BCUT2D eigenvalue weighted by molar-refractivity contribution is -0.131. The van der Waals surface area contributed by atoms with Gasteiger partial charge in [0.05, 0.1) is 0 Å². The molecule has 5 nitrogen and oxygen atoms in total. The van der Waals surface area contributed by atoms with Gasteiger partial charge in [-0.15, -0.1) is 0 Å². The van der Waals surface area contributed by atoms with Gasteiger partial charge in [0.25, 0.3) is 0 Å². The molecule has 130 valence electrons. The highest BCUT2D eigenvalue weighted by molar-refractivity contribution is 5.76. The van der Waals surface area contributed by atoms with E-state index in [1.54, 1.807) is 6.92 Å². The fourth-order valence-electron chi connectivity index (χ4n) is 4.76. The number of rotatable bonds is 5. The average Bonchev–Trinajstić information content (AvgIpc) is 3.25. The molecule has 1 saturated carbocycles. The Kier molecular flexibility index (Phi) is 5.57. The molecule has 0 bridgehead atoms. The molecule has 0 aromatic carbocycles. The third kappa shape index (κ3) is 4.06. The minimum Gasteiger partial charge on any atom is -0.353 e. The molecule has 1 aliphatic carbocycles. The van der Waals surface area contributed by atoms with E-state index in [4.69, 9.17) is 0 Å². The zero-order valence-electron chi connectivity index (χ0n) is 14.4. The monoisotopic (exact) mass is 321 g/mol. The van der Waals surface area contributed by atoms with Gasteiger partial charge in [-0.25, -0.2) is 0 Å². The first kappa shape index (κ1) is 16.7. The van der Waals surface area contributed by atoms with Crippen molar-refractivity contribution in [1.82, 2.24) is 15.1 Å². The number of nitrogens with one attached hydrogen (secondary N) is 1. The molecular weight excluding hydrogens is 290 g/mol. The highest BCUT2D eigenvalue weighted by Crippen LogP contribution is 2.30. The molecule has 2 amide bonds. The van der Waals surface area contributed by atoms with Crippen LogP contribution in [0, 0.1) is 0 Å². The molecule has 0 aromatic heterocycles. The van der Waals surface area contributed by atoms with E-state index in [0.717, 1.165) is 45.3 Å². The van der Waals surface area contributed by atoms with Crippen molar-refractivity contribution in [3.05, 3.63) is 0 Å². The van der Waals surface area contributed by atoms with E-state index in [9.17, 15) is 9.59 Å². The highest BCUT2D eigenvalue weighted by Gasteiger charge is 2.38. The Morgan fingerprint density at radius 3 is 2.39 bits per heavy atom. The molecule has 3 fully saturated rings. The van der Waals surface area contributed by atoms with Crippen LogP contribution in [0.4, 0.5) is 0 Å². The van der Waals surface area contributed by atoms with Gasteiger partial charge in [0.1, 0.15) is 0 Å². The van der Waals surface area contributed by atoms with Crippen molar-refractivity contribution in [2.75, 3.05) is 19.6 Å². The summed E-state index contributed by atoms with van der Waals surface area (Å²) in [7, 11) is 0. The van der Waals surface area contributed by atoms with Gasteiger partial charge in [0, 0.05) is 44.6 Å². The molecule has 3 aliphatic rings. The lowest BCUT2D eigenvalue weighted by Crippen LogP contribution is -2.48. The minimum atomic E-state index is 0.206. The van der Waals surface area contributed by atoms with Crippen LogP contribution in [-0.2, 0) is 9.59 Å². The Balaban J connectivity index is 1.48. The second-order valence-electron chi connectivity index (χ2n) is 7.47. The summed E-state index contributed by atoms with van der Waals surface area (Å²) in [4.78, 5) is 28.5. The quantitative estimate of drug-likeness (QED) is 0.841. The van der Waals surface area contributed by atoms with Gasteiger partial charge in [-0.1, -0.05) is 12.8 Å². The van der Waals surface area contributed by atoms with Gasteiger partial charge < -0.3 is 10.2 Å². The first-order chi connectivity index (χ1) is 11.1.